The fourth-order valence-electron chi connectivity index (χ4n) is 1.72. The molecule has 0 atom stereocenters. The van der Waals surface area contributed by atoms with Gasteiger partial charge in [0.05, 0.1) is 4.92 Å². The van der Waals surface area contributed by atoms with Gasteiger partial charge in [0.2, 0.25) is 0 Å². The van der Waals surface area contributed by atoms with Crippen LogP contribution in [0.3, 0.4) is 0 Å². The van der Waals surface area contributed by atoms with Crippen molar-refractivity contribution in [1.29, 1.82) is 0 Å². The Bertz CT molecular complexity index is 754. The number of aromatic hydroxyl groups is 1. The molecule has 0 aliphatic heterocycles. The van der Waals surface area contributed by atoms with Crippen molar-refractivity contribution in [3.63, 3.8) is 0 Å². The van der Waals surface area contributed by atoms with E-state index in [1.54, 1.807) is 0 Å². The van der Waals surface area contributed by atoms with Gasteiger partial charge in [-0.1, -0.05) is 0 Å². The third-order valence-electron chi connectivity index (χ3n) is 2.83. The van der Waals surface area contributed by atoms with E-state index in [2.05, 4.69) is 5.32 Å². The molecule has 2 rings (SSSR count). The molecular weight excluding hydrogens is 292 g/mol. The molecule has 2 aromatic carbocycles. The quantitative estimate of drug-likeness (QED) is 0.586. The molecule has 112 valence electrons. The summed E-state index contributed by atoms with van der Waals surface area (Å²) in [4.78, 5) is 32.7. The van der Waals surface area contributed by atoms with Gasteiger partial charge in [-0.25, -0.2) is 4.79 Å². The lowest BCUT2D eigenvalue weighted by Crippen LogP contribution is -2.12. The largest absolute Gasteiger partial charge is 0.507 e. The molecule has 1 amide bonds. The normalized spacial score (nSPS) is 10.0. The maximum Gasteiger partial charge on any atom is 0.339 e. The topological polar surface area (TPSA) is 130 Å². The Hall–Kier alpha value is -3.42. The fraction of sp³-hybridized carbons (Fsp3) is 0. The van der Waals surface area contributed by atoms with Gasteiger partial charge >= 0.3 is 5.97 Å². The summed E-state index contributed by atoms with van der Waals surface area (Å²) in [6.45, 7) is 0. The Morgan fingerprint density at radius 3 is 2.23 bits per heavy atom. The number of hydrogen-bond donors (Lipinski definition) is 3. The minimum atomic E-state index is -1.31. The summed E-state index contributed by atoms with van der Waals surface area (Å²) in [5, 5.41) is 31.3. The molecule has 0 bridgehead atoms. The van der Waals surface area contributed by atoms with Crippen molar-refractivity contribution in [2.75, 3.05) is 5.32 Å². The third-order valence-corrected chi connectivity index (χ3v) is 2.83. The molecule has 0 saturated heterocycles. The summed E-state index contributed by atoms with van der Waals surface area (Å²) < 4.78 is 0. The number of non-ortho nitro benzene ring substituents is 1. The van der Waals surface area contributed by atoms with Gasteiger partial charge in [0, 0.05) is 23.4 Å². The highest BCUT2D eigenvalue weighted by Crippen LogP contribution is 2.20. The SMILES string of the molecule is O=C(Nc1ccc([N+](=O)[O-])cc1)c1ccc(C(=O)O)c(O)c1. The molecule has 0 spiro atoms. The van der Waals surface area contributed by atoms with E-state index in [4.69, 9.17) is 5.11 Å². The number of nitro groups is 1. The second-order valence-corrected chi connectivity index (χ2v) is 4.30. The van der Waals surface area contributed by atoms with Crippen LogP contribution < -0.4 is 5.32 Å². The van der Waals surface area contributed by atoms with E-state index in [1.165, 1.54) is 30.3 Å². The van der Waals surface area contributed by atoms with E-state index in [9.17, 15) is 24.8 Å². The number of carbonyl (C=O) groups excluding carboxylic acids is 1. The first-order chi connectivity index (χ1) is 10.4. The highest BCUT2D eigenvalue weighted by atomic mass is 16.6. The molecule has 0 heterocycles. The number of phenols is 1. The Morgan fingerprint density at radius 2 is 1.73 bits per heavy atom. The van der Waals surface area contributed by atoms with Crippen molar-refractivity contribution < 1.29 is 24.7 Å². The van der Waals surface area contributed by atoms with E-state index in [0.29, 0.717) is 5.69 Å². The van der Waals surface area contributed by atoms with Crippen molar-refractivity contribution >= 4 is 23.3 Å². The van der Waals surface area contributed by atoms with E-state index in [0.717, 1.165) is 12.1 Å². The number of aromatic carboxylic acids is 1. The van der Waals surface area contributed by atoms with Crippen LogP contribution in [0.4, 0.5) is 11.4 Å². The number of rotatable bonds is 4. The van der Waals surface area contributed by atoms with Crippen LogP contribution in [0.5, 0.6) is 5.75 Å². The van der Waals surface area contributed by atoms with Gasteiger partial charge in [0.1, 0.15) is 11.3 Å². The standard InChI is InChI=1S/C14H10N2O6/c17-12-7-8(1-6-11(12)14(19)20)13(18)15-9-2-4-10(5-3-9)16(21)22/h1-7,17H,(H,15,18)(H,19,20). The fourth-order valence-corrected chi connectivity index (χ4v) is 1.72. The third kappa shape index (κ3) is 3.18. The van der Waals surface area contributed by atoms with E-state index >= 15 is 0 Å². The van der Waals surface area contributed by atoms with Gasteiger partial charge in [0.25, 0.3) is 11.6 Å². The molecule has 0 radical (unpaired) electrons. The number of anilines is 1. The predicted octanol–water partition coefficient (Wildman–Crippen LogP) is 2.25. The number of carbonyl (C=O) groups is 2. The van der Waals surface area contributed by atoms with Gasteiger partial charge in [-0.3, -0.25) is 14.9 Å². The summed E-state index contributed by atoms with van der Waals surface area (Å²) in [5.74, 6) is -2.41. The summed E-state index contributed by atoms with van der Waals surface area (Å²) in [7, 11) is 0. The molecule has 3 N–H and O–H groups in total. The first-order valence-electron chi connectivity index (χ1n) is 6.00. The molecule has 0 aromatic heterocycles. The average Bonchev–Trinajstić information content (AvgIpc) is 2.47. The zero-order valence-electron chi connectivity index (χ0n) is 11.0. The average molecular weight is 302 g/mol. The molecule has 0 unspecified atom stereocenters. The molecule has 22 heavy (non-hydrogen) atoms. The number of nitrogens with one attached hydrogen (secondary N) is 1. The molecule has 0 aliphatic carbocycles. The Kier molecular flexibility index (Phi) is 4.03. The van der Waals surface area contributed by atoms with Gasteiger partial charge < -0.3 is 15.5 Å². The van der Waals surface area contributed by atoms with Gasteiger partial charge in [-0.05, 0) is 30.3 Å². The molecule has 0 fully saturated rings. The number of nitro benzene ring substituents is 1. The van der Waals surface area contributed by atoms with E-state index in [-0.39, 0.29) is 16.8 Å². The van der Waals surface area contributed by atoms with Gasteiger partial charge in [-0.15, -0.1) is 0 Å². The van der Waals surface area contributed by atoms with Crippen molar-refractivity contribution in [1.82, 2.24) is 0 Å². The molecule has 0 saturated carbocycles. The Balaban J connectivity index is 2.17. The molecule has 8 heteroatoms. The van der Waals surface area contributed by atoms with Crippen molar-refractivity contribution in [3.05, 3.63) is 63.7 Å². The van der Waals surface area contributed by atoms with Crippen molar-refractivity contribution in [2.45, 2.75) is 0 Å². The van der Waals surface area contributed by atoms with E-state index in [1.807, 2.05) is 0 Å². The number of hydrogen-bond acceptors (Lipinski definition) is 5. The second kappa shape index (κ2) is 5.92. The smallest absolute Gasteiger partial charge is 0.339 e. The summed E-state index contributed by atoms with van der Waals surface area (Å²) in [5.41, 5.74) is -0.0356. The van der Waals surface area contributed by atoms with Crippen LogP contribution in [0.25, 0.3) is 0 Å². The predicted molar refractivity (Wildman–Crippen MR) is 76.1 cm³/mol. The zero-order chi connectivity index (χ0) is 16.3. The van der Waals surface area contributed by atoms with Crippen molar-refractivity contribution in [2.24, 2.45) is 0 Å². The summed E-state index contributed by atoms with van der Waals surface area (Å²) in [6.07, 6.45) is 0. The van der Waals surface area contributed by atoms with Gasteiger partial charge in [0.15, 0.2) is 0 Å². The lowest BCUT2D eigenvalue weighted by atomic mass is 10.1. The second-order valence-electron chi connectivity index (χ2n) is 4.30. The maximum atomic E-state index is 12.0. The lowest BCUT2D eigenvalue weighted by Gasteiger charge is -2.06. The molecule has 0 aliphatic rings. The maximum absolute atomic E-state index is 12.0. The first kappa shape index (κ1) is 15.0. The van der Waals surface area contributed by atoms with Crippen LogP contribution in [0, 0.1) is 10.1 Å². The van der Waals surface area contributed by atoms with Crippen LogP contribution in [0.2, 0.25) is 0 Å². The van der Waals surface area contributed by atoms with Gasteiger partial charge in [-0.2, -0.15) is 0 Å². The lowest BCUT2D eigenvalue weighted by molar-refractivity contribution is -0.384. The first-order valence-corrected chi connectivity index (χ1v) is 6.00. The zero-order valence-corrected chi connectivity index (χ0v) is 11.0. The summed E-state index contributed by atoms with van der Waals surface area (Å²) in [6, 6.07) is 8.60. The minimum absolute atomic E-state index is 0.0563. The van der Waals surface area contributed by atoms with Crippen LogP contribution in [-0.2, 0) is 0 Å². The molecule has 2 aromatic rings. The van der Waals surface area contributed by atoms with Crippen LogP contribution in [0.15, 0.2) is 42.5 Å². The Morgan fingerprint density at radius 1 is 1.09 bits per heavy atom. The summed E-state index contributed by atoms with van der Waals surface area (Å²) >= 11 is 0. The number of amides is 1. The highest BCUT2D eigenvalue weighted by Gasteiger charge is 2.14. The number of carboxylic acid groups (broad SMARTS) is 1. The molecule has 8 nitrogen and oxygen atoms in total. The highest BCUT2D eigenvalue weighted by molar-refractivity contribution is 6.05. The number of benzene rings is 2. The minimum Gasteiger partial charge on any atom is -0.507 e. The number of nitrogens with zero attached hydrogens (tertiary/aromatic N) is 1. The Labute approximate surface area is 123 Å². The molecular formula is C14H10N2O6. The monoisotopic (exact) mass is 302 g/mol. The van der Waals surface area contributed by atoms with Crippen LogP contribution in [0.1, 0.15) is 20.7 Å². The van der Waals surface area contributed by atoms with Crippen molar-refractivity contribution in [3.8, 4) is 5.75 Å². The van der Waals surface area contributed by atoms with Crippen LogP contribution in [-0.4, -0.2) is 27.0 Å². The van der Waals surface area contributed by atoms with Crippen LogP contribution >= 0.6 is 0 Å². The number of carboxylic acids is 1. The van der Waals surface area contributed by atoms with E-state index < -0.39 is 22.5 Å².